The molecule has 1 aliphatic rings. The van der Waals surface area contributed by atoms with Crippen molar-refractivity contribution in [2.45, 2.75) is 50.5 Å². The van der Waals surface area contributed by atoms with Gasteiger partial charge in [0.1, 0.15) is 10.8 Å². The Bertz CT molecular complexity index is 1040. The summed E-state index contributed by atoms with van der Waals surface area (Å²) < 4.78 is 20.9. The third-order valence-electron chi connectivity index (χ3n) is 4.85. The fourth-order valence-electron chi connectivity index (χ4n) is 3.21. The Morgan fingerprint density at radius 2 is 2.12 bits per heavy atom. The lowest BCUT2D eigenvalue weighted by Crippen LogP contribution is -2.20. The van der Waals surface area contributed by atoms with Crippen molar-refractivity contribution in [3.05, 3.63) is 40.9 Å². The maximum Gasteiger partial charge on any atom is 0.236 e. The molecule has 1 atom stereocenters. The van der Waals surface area contributed by atoms with Crippen LogP contribution in [-0.4, -0.2) is 49.3 Å². The average Bonchev–Trinajstić information content (AvgIpc) is 3.54. The predicted octanol–water partition coefficient (Wildman–Crippen LogP) is 3.35. The number of aromatic nitrogens is 5. The van der Waals surface area contributed by atoms with Gasteiger partial charge in [-0.05, 0) is 43.5 Å². The molecule has 0 spiro atoms. The number of halogens is 1. The highest BCUT2D eigenvalue weighted by Crippen LogP contribution is 2.23. The first-order chi connectivity index (χ1) is 15.6. The molecular formula is C20H24FN7O2S2. The topological polar surface area (TPSA) is 107 Å². The minimum absolute atomic E-state index is 0.0950. The highest BCUT2D eigenvalue weighted by Gasteiger charge is 2.21. The zero-order valence-electron chi connectivity index (χ0n) is 17.6. The van der Waals surface area contributed by atoms with Crippen molar-refractivity contribution in [3.63, 3.8) is 0 Å². The standard InChI is InChI=1S/C20H24FN7O2S2/c1-2-18-25-26-19(32-18)23-17(29)12-31-20-27-24-16(28(20)11-15-4-3-9-30-15)10-22-14-7-5-13(21)6-8-14/h5-8,15,22H,2-4,9-12H2,1H3,(H,23,26,29)/t15-/m1/s1. The lowest BCUT2D eigenvalue weighted by atomic mass is 10.2. The zero-order valence-corrected chi connectivity index (χ0v) is 19.2. The average molecular weight is 478 g/mol. The van der Waals surface area contributed by atoms with Gasteiger partial charge in [0.05, 0.1) is 24.9 Å². The van der Waals surface area contributed by atoms with Gasteiger partial charge in [-0.15, -0.1) is 20.4 Å². The lowest BCUT2D eigenvalue weighted by molar-refractivity contribution is -0.113. The first-order valence-corrected chi connectivity index (χ1v) is 12.2. The summed E-state index contributed by atoms with van der Waals surface area (Å²) in [6, 6.07) is 6.16. The molecule has 0 bridgehead atoms. The number of carbonyl (C=O) groups excluding carboxylic acids is 1. The number of ether oxygens (including phenoxy) is 1. The molecule has 0 unspecified atom stereocenters. The van der Waals surface area contributed by atoms with Crippen molar-refractivity contribution < 1.29 is 13.9 Å². The number of hydrogen-bond acceptors (Lipinski definition) is 9. The summed E-state index contributed by atoms with van der Waals surface area (Å²) in [5, 5.41) is 24.6. The van der Waals surface area contributed by atoms with Crippen molar-refractivity contribution in [3.8, 4) is 0 Å². The molecule has 3 aromatic rings. The lowest BCUT2D eigenvalue weighted by Gasteiger charge is -2.15. The van der Waals surface area contributed by atoms with Gasteiger partial charge in [-0.1, -0.05) is 30.0 Å². The number of nitrogens with zero attached hydrogens (tertiary/aromatic N) is 5. The maximum atomic E-state index is 13.1. The molecule has 12 heteroatoms. The number of aryl methyl sites for hydroxylation is 1. The van der Waals surface area contributed by atoms with E-state index in [1.165, 1.54) is 35.2 Å². The molecule has 32 heavy (non-hydrogen) atoms. The van der Waals surface area contributed by atoms with Crippen LogP contribution < -0.4 is 10.6 Å². The van der Waals surface area contributed by atoms with Crippen molar-refractivity contribution in [2.24, 2.45) is 0 Å². The maximum absolute atomic E-state index is 13.1. The highest BCUT2D eigenvalue weighted by atomic mass is 32.2. The van der Waals surface area contributed by atoms with Crippen LogP contribution in [0.3, 0.4) is 0 Å². The van der Waals surface area contributed by atoms with E-state index in [2.05, 4.69) is 31.0 Å². The molecule has 0 radical (unpaired) electrons. The molecule has 1 fully saturated rings. The number of benzene rings is 1. The molecule has 1 aliphatic heterocycles. The van der Waals surface area contributed by atoms with Gasteiger partial charge in [0.15, 0.2) is 11.0 Å². The molecule has 2 aromatic heterocycles. The van der Waals surface area contributed by atoms with Gasteiger partial charge in [0.25, 0.3) is 0 Å². The summed E-state index contributed by atoms with van der Waals surface area (Å²) in [6.45, 7) is 3.78. The van der Waals surface area contributed by atoms with Gasteiger partial charge >= 0.3 is 0 Å². The summed E-state index contributed by atoms with van der Waals surface area (Å²) in [7, 11) is 0. The Morgan fingerprint density at radius 1 is 1.28 bits per heavy atom. The third kappa shape index (κ3) is 6.02. The van der Waals surface area contributed by atoms with Gasteiger partial charge in [-0.3, -0.25) is 10.1 Å². The van der Waals surface area contributed by atoms with Crippen LogP contribution in [0.15, 0.2) is 29.4 Å². The fourth-order valence-corrected chi connectivity index (χ4v) is 4.68. The third-order valence-corrected chi connectivity index (χ3v) is 6.80. The van der Waals surface area contributed by atoms with Crippen molar-refractivity contribution >= 4 is 39.8 Å². The molecule has 0 saturated carbocycles. The van der Waals surface area contributed by atoms with Crippen LogP contribution >= 0.6 is 23.1 Å². The van der Waals surface area contributed by atoms with Crippen LogP contribution in [0.1, 0.15) is 30.6 Å². The summed E-state index contributed by atoms with van der Waals surface area (Å²) in [5.41, 5.74) is 0.787. The molecule has 9 nitrogen and oxygen atoms in total. The minimum Gasteiger partial charge on any atom is -0.378 e. The van der Waals surface area contributed by atoms with Gasteiger partial charge in [-0.25, -0.2) is 4.39 Å². The Hall–Kier alpha value is -2.57. The van der Waals surface area contributed by atoms with Gasteiger partial charge in [0, 0.05) is 12.3 Å². The van der Waals surface area contributed by atoms with Crippen LogP contribution in [0, 0.1) is 5.82 Å². The summed E-state index contributed by atoms with van der Waals surface area (Å²) >= 11 is 2.69. The zero-order chi connectivity index (χ0) is 22.3. The normalized spacial score (nSPS) is 15.8. The number of hydrogen-bond donors (Lipinski definition) is 2. The quantitative estimate of drug-likeness (QED) is 0.428. The van der Waals surface area contributed by atoms with E-state index in [0.29, 0.717) is 23.4 Å². The largest absolute Gasteiger partial charge is 0.378 e. The Morgan fingerprint density at radius 3 is 2.84 bits per heavy atom. The molecule has 3 heterocycles. The Labute approximate surface area is 193 Å². The minimum atomic E-state index is -0.284. The second-order valence-corrected chi connectivity index (χ2v) is 9.20. The summed E-state index contributed by atoms with van der Waals surface area (Å²) in [4.78, 5) is 12.4. The molecule has 2 N–H and O–H groups in total. The number of anilines is 2. The van der Waals surface area contributed by atoms with E-state index in [9.17, 15) is 9.18 Å². The molecule has 1 saturated heterocycles. The Balaban J connectivity index is 1.40. The van der Waals surface area contributed by atoms with Crippen LogP contribution in [0.5, 0.6) is 0 Å². The highest BCUT2D eigenvalue weighted by molar-refractivity contribution is 7.99. The van der Waals surface area contributed by atoms with E-state index in [1.807, 2.05) is 11.5 Å². The van der Waals surface area contributed by atoms with Crippen LogP contribution in [0.2, 0.25) is 0 Å². The Kier molecular flexibility index (Phi) is 7.66. The van der Waals surface area contributed by atoms with E-state index >= 15 is 0 Å². The first kappa shape index (κ1) is 22.6. The molecule has 4 rings (SSSR count). The molecule has 170 valence electrons. The molecule has 1 amide bonds. The van der Waals surface area contributed by atoms with E-state index < -0.39 is 0 Å². The SMILES string of the molecule is CCc1nnc(NC(=O)CSc2nnc(CNc3ccc(F)cc3)n2C[C@H]2CCCO2)s1. The van der Waals surface area contributed by atoms with Crippen molar-refractivity contribution in [1.29, 1.82) is 0 Å². The van der Waals surface area contributed by atoms with E-state index in [1.54, 1.807) is 12.1 Å². The summed E-state index contributed by atoms with van der Waals surface area (Å²) in [5.74, 6) is 0.445. The van der Waals surface area contributed by atoms with Crippen molar-refractivity contribution in [2.75, 3.05) is 23.0 Å². The van der Waals surface area contributed by atoms with Crippen LogP contribution in [0.25, 0.3) is 0 Å². The molecule has 1 aromatic carbocycles. The monoisotopic (exact) mass is 477 g/mol. The first-order valence-electron chi connectivity index (χ1n) is 10.4. The number of thioether (sulfide) groups is 1. The van der Waals surface area contributed by atoms with Gasteiger partial charge < -0.3 is 14.6 Å². The predicted molar refractivity (Wildman–Crippen MR) is 121 cm³/mol. The van der Waals surface area contributed by atoms with E-state index in [0.717, 1.165) is 42.4 Å². The fraction of sp³-hybridized carbons (Fsp3) is 0.450. The van der Waals surface area contributed by atoms with E-state index in [-0.39, 0.29) is 23.6 Å². The van der Waals surface area contributed by atoms with Gasteiger partial charge in [-0.2, -0.15) is 0 Å². The van der Waals surface area contributed by atoms with Crippen LogP contribution in [0.4, 0.5) is 15.2 Å². The smallest absolute Gasteiger partial charge is 0.236 e. The van der Waals surface area contributed by atoms with Gasteiger partial charge in [0.2, 0.25) is 11.0 Å². The number of nitrogens with one attached hydrogen (secondary N) is 2. The second kappa shape index (κ2) is 10.8. The second-order valence-electron chi connectivity index (χ2n) is 7.20. The van der Waals surface area contributed by atoms with Crippen LogP contribution in [-0.2, 0) is 29.0 Å². The summed E-state index contributed by atoms with van der Waals surface area (Å²) in [6.07, 6.45) is 2.88. The van der Waals surface area contributed by atoms with E-state index in [4.69, 9.17) is 4.74 Å². The number of amides is 1. The number of carbonyl (C=O) groups is 1. The van der Waals surface area contributed by atoms with Crippen molar-refractivity contribution in [1.82, 2.24) is 25.0 Å². The molecule has 0 aliphatic carbocycles. The molecular weight excluding hydrogens is 453 g/mol. The number of rotatable bonds is 10.